The van der Waals surface area contributed by atoms with E-state index in [1.807, 2.05) is 57.2 Å². The maximum absolute atomic E-state index is 13.6. The Kier molecular flexibility index (Phi) is 7.73. The first kappa shape index (κ1) is 26.9. The number of halogens is 1. The minimum Gasteiger partial charge on any atom is -0.455 e. The zero-order chi connectivity index (χ0) is 27.7. The molecule has 0 radical (unpaired) electrons. The van der Waals surface area contributed by atoms with Crippen LogP contribution in [0, 0.1) is 26.2 Å². The van der Waals surface area contributed by atoms with Crippen LogP contribution in [-0.2, 0) is 4.74 Å². The summed E-state index contributed by atoms with van der Waals surface area (Å²) in [5.41, 5.74) is 6.82. The van der Waals surface area contributed by atoms with Crippen LogP contribution in [0.3, 0.4) is 0 Å². The average molecular weight is 545 g/mol. The number of rotatable bonds is 7. The predicted molar refractivity (Wildman–Crippen MR) is 159 cm³/mol. The van der Waals surface area contributed by atoms with E-state index in [2.05, 4.69) is 15.6 Å². The maximum atomic E-state index is 13.6. The van der Waals surface area contributed by atoms with Crippen molar-refractivity contribution < 1.29 is 9.15 Å². The quantitative estimate of drug-likeness (QED) is 0.164. The van der Waals surface area contributed by atoms with Crippen LogP contribution in [-0.4, -0.2) is 24.0 Å². The Morgan fingerprint density at radius 1 is 1.10 bits per heavy atom. The van der Waals surface area contributed by atoms with E-state index in [1.165, 1.54) is 6.21 Å². The van der Waals surface area contributed by atoms with Gasteiger partial charge in [0.1, 0.15) is 22.7 Å². The van der Waals surface area contributed by atoms with Gasteiger partial charge in [0, 0.05) is 40.8 Å². The van der Waals surface area contributed by atoms with Crippen LogP contribution >= 0.6 is 11.6 Å². The molecule has 3 heterocycles. The van der Waals surface area contributed by atoms with Crippen LogP contribution in [0.2, 0.25) is 5.15 Å². The van der Waals surface area contributed by atoms with Crippen molar-refractivity contribution in [3.63, 3.8) is 0 Å². The van der Waals surface area contributed by atoms with Gasteiger partial charge in [-0.3, -0.25) is 4.79 Å². The first-order valence-electron chi connectivity index (χ1n) is 13.3. The number of hydrogen-bond acceptors (Lipinski definition) is 7. The molecular formula is C31H33ClN4O3. The highest BCUT2D eigenvalue weighted by atomic mass is 35.5. The van der Waals surface area contributed by atoms with Gasteiger partial charge in [-0.1, -0.05) is 29.8 Å². The summed E-state index contributed by atoms with van der Waals surface area (Å²) in [4.78, 5) is 18.0. The van der Waals surface area contributed by atoms with Crippen LogP contribution in [0.25, 0.3) is 22.3 Å². The number of aromatic nitrogens is 1. The standard InChI is InChI=1S/C31H33ClN4O3/c1-17-13-23(19(3)34-25-10-11-27(32)35-20(25)4)31-24(14-17)29(37)18(2)30(39-31)21-8-9-22(16-33)26(15-21)36-28-7-5-6-12-38-28/h8-11,13-16,19,28,33-34,36H,5-7,12H2,1-4H3. The lowest BCUT2D eigenvalue weighted by Crippen LogP contribution is -2.27. The predicted octanol–water partition coefficient (Wildman–Crippen LogP) is 7.54. The van der Waals surface area contributed by atoms with Crippen LogP contribution in [0.4, 0.5) is 11.4 Å². The fourth-order valence-corrected chi connectivity index (χ4v) is 5.32. The zero-order valence-electron chi connectivity index (χ0n) is 22.7. The molecule has 0 aliphatic carbocycles. The Balaban J connectivity index is 1.60. The molecule has 1 aliphatic heterocycles. The third-order valence-corrected chi connectivity index (χ3v) is 7.46. The summed E-state index contributed by atoms with van der Waals surface area (Å²) in [6.45, 7) is 8.44. The molecule has 0 saturated carbocycles. The minimum atomic E-state index is -0.172. The van der Waals surface area contributed by atoms with E-state index in [9.17, 15) is 4.79 Å². The summed E-state index contributed by atoms with van der Waals surface area (Å²) >= 11 is 6.05. The van der Waals surface area contributed by atoms with E-state index in [0.717, 1.165) is 65.2 Å². The third-order valence-electron chi connectivity index (χ3n) is 7.25. The molecule has 0 amide bonds. The van der Waals surface area contributed by atoms with Crippen LogP contribution in [0.15, 0.2) is 51.7 Å². The summed E-state index contributed by atoms with van der Waals surface area (Å²) in [5.74, 6) is 0.512. The lowest BCUT2D eigenvalue weighted by atomic mass is 9.98. The fraction of sp³-hybridized carbons (Fsp3) is 0.323. The molecule has 2 atom stereocenters. The minimum absolute atomic E-state index is 0.0611. The second-order valence-electron chi connectivity index (χ2n) is 10.2. The topological polar surface area (TPSA) is 100 Å². The van der Waals surface area contributed by atoms with Crippen LogP contribution < -0.4 is 16.1 Å². The van der Waals surface area contributed by atoms with Crippen molar-refractivity contribution in [2.24, 2.45) is 0 Å². The van der Waals surface area contributed by atoms with Gasteiger partial charge in [-0.05, 0) is 76.8 Å². The van der Waals surface area contributed by atoms with Gasteiger partial charge in [-0.25, -0.2) is 4.98 Å². The summed E-state index contributed by atoms with van der Waals surface area (Å²) in [7, 11) is 0. The molecule has 0 spiro atoms. The largest absolute Gasteiger partial charge is 0.455 e. The number of benzene rings is 2. The van der Waals surface area contributed by atoms with Gasteiger partial charge in [0.25, 0.3) is 0 Å². The van der Waals surface area contributed by atoms with Crippen LogP contribution in [0.5, 0.6) is 0 Å². The molecule has 3 N–H and O–H groups in total. The van der Waals surface area contributed by atoms with Gasteiger partial charge in [0.15, 0.2) is 5.43 Å². The first-order chi connectivity index (χ1) is 18.7. The highest BCUT2D eigenvalue weighted by Crippen LogP contribution is 2.34. The lowest BCUT2D eigenvalue weighted by molar-refractivity contribution is 0.0343. The Bertz CT molecular complexity index is 1610. The second-order valence-corrected chi connectivity index (χ2v) is 10.6. The average Bonchev–Trinajstić information content (AvgIpc) is 2.92. The lowest BCUT2D eigenvalue weighted by Gasteiger charge is -2.25. The number of ether oxygens (including phenoxy) is 1. The molecule has 4 aromatic rings. The maximum Gasteiger partial charge on any atom is 0.196 e. The van der Waals surface area contributed by atoms with Crippen molar-refractivity contribution in [1.29, 1.82) is 5.41 Å². The highest BCUT2D eigenvalue weighted by Gasteiger charge is 2.21. The molecular weight excluding hydrogens is 512 g/mol. The van der Waals surface area contributed by atoms with E-state index in [0.29, 0.717) is 27.4 Å². The van der Waals surface area contributed by atoms with Gasteiger partial charge < -0.3 is 25.2 Å². The Morgan fingerprint density at radius 3 is 2.64 bits per heavy atom. The Morgan fingerprint density at radius 2 is 1.92 bits per heavy atom. The molecule has 7 nitrogen and oxygen atoms in total. The molecule has 202 valence electrons. The molecule has 0 bridgehead atoms. The number of aryl methyl sites for hydroxylation is 2. The molecule has 1 aliphatic rings. The second kappa shape index (κ2) is 11.2. The van der Waals surface area contributed by atoms with E-state index in [1.54, 1.807) is 13.0 Å². The first-order valence-corrected chi connectivity index (χ1v) is 13.6. The smallest absolute Gasteiger partial charge is 0.196 e. The van der Waals surface area contributed by atoms with E-state index >= 15 is 0 Å². The Labute approximate surface area is 233 Å². The molecule has 1 saturated heterocycles. The van der Waals surface area contributed by atoms with Crippen molar-refractivity contribution in [2.45, 2.75) is 59.2 Å². The van der Waals surface area contributed by atoms with E-state index in [-0.39, 0.29) is 17.7 Å². The fourth-order valence-electron chi connectivity index (χ4n) is 5.13. The number of nitrogens with one attached hydrogen (secondary N) is 3. The highest BCUT2D eigenvalue weighted by molar-refractivity contribution is 6.29. The molecule has 5 rings (SSSR count). The van der Waals surface area contributed by atoms with Crippen molar-refractivity contribution in [1.82, 2.24) is 4.98 Å². The van der Waals surface area contributed by atoms with Crippen molar-refractivity contribution >= 4 is 40.2 Å². The zero-order valence-corrected chi connectivity index (χ0v) is 23.4. The third kappa shape index (κ3) is 5.56. The summed E-state index contributed by atoms with van der Waals surface area (Å²) in [5, 5.41) is 15.8. The van der Waals surface area contributed by atoms with Gasteiger partial charge >= 0.3 is 0 Å². The number of anilines is 2. The molecule has 2 aromatic carbocycles. The summed E-state index contributed by atoms with van der Waals surface area (Å²) in [6.07, 6.45) is 4.27. The van der Waals surface area contributed by atoms with Crippen LogP contribution in [0.1, 0.15) is 60.2 Å². The number of nitrogens with zero attached hydrogens (tertiary/aromatic N) is 1. The molecule has 2 aromatic heterocycles. The monoisotopic (exact) mass is 544 g/mol. The van der Waals surface area contributed by atoms with Crippen molar-refractivity contribution in [2.75, 3.05) is 17.2 Å². The SMILES string of the molecule is Cc1cc(C(C)Nc2ccc(Cl)nc2C)c2oc(-c3ccc(C=N)c(NC4CCCCO4)c3)c(C)c(=O)c2c1. The van der Waals surface area contributed by atoms with Gasteiger partial charge in [0.05, 0.1) is 22.8 Å². The molecule has 39 heavy (non-hydrogen) atoms. The number of hydrogen-bond donors (Lipinski definition) is 3. The molecule has 1 fully saturated rings. The Hall–Kier alpha value is -3.68. The van der Waals surface area contributed by atoms with Gasteiger partial charge in [-0.15, -0.1) is 0 Å². The molecule has 8 heteroatoms. The van der Waals surface area contributed by atoms with Gasteiger partial charge in [0.2, 0.25) is 0 Å². The number of fused-ring (bicyclic) bond motifs is 1. The van der Waals surface area contributed by atoms with Crippen molar-refractivity contribution in [3.8, 4) is 11.3 Å². The summed E-state index contributed by atoms with van der Waals surface area (Å²) in [6, 6.07) is 13.1. The van der Waals surface area contributed by atoms with Crippen molar-refractivity contribution in [3.05, 3.63) is 85.8 Å². The van der Waals surface area contributed by atoms with Gasteiger partial charge in [-0.2, -0.15) is 0 Å². The molecule has 2 unspecified atom stereocenters. The van der Waals surface area contributed by atoms with E-state index < -0.39 is 0 Å². The summed E-state index contributed by atoms with van der Waals surface area (Å²) < 4.78 is 12.4. The number of pyridine rings is 1. The normalized spacial score (nSPS) is 16.2. The van der Waals surface area contributed by atoms with E-state index in [4.69, 9.17) is 26.2 Å².